The summed E-state index contributed by atoms with van der Waals surface area (Å²) in [4.78, 5) is 27.6. The summed E-state index contributed by atoms with van der Waals surface area (Å²) in [6, 6.07) is 13.7. The molecule has 25 heavy (non-hydrogen) atoms. The van der Waals surface area contributed by atoms with E-state index in [1.807, 2.05) is 56.3 Å². The topological polar surface area (TPSA) is 49.4 Å². The smallest absolute Gasteiger partial charge is 0.242 e. The number of fused-ring (bicyclic) bond motifs is 1. The fraction of sp³-hybridized carbons (Fsp3) is 0.333. The maximum absolute atomic E-state index is 13.1. The van der Waals surface area contributed by atoms with Crippen molar-refractivity contribution in [3.8, 4) is 0 Å². The molecule has 0 bridgehead atoms. The van der Waals surface area contributed by atoms with E-state index < -0.39 is 5.41 Å². The standard InChI is InChI=1S/C21H24N2O2/c1-14-9-10-17(15(2)13-14)22-19(24)21(3,4)20(25)23-12-11-16-7-5-6-8-18(16)23/h5-10,13H,11-12H2,1-4H3,(H,22,24). The maximum Gasteiger partial charge on any atom is 0.242 e. The van der Waals surface area contributed by atoms with E-state index in [2.05, 4.69) is 5.32 Å². The van der Waals surface area contributed by atoms with E-state index in [0.717, 1.165) is 34.5 Å². The molecule has 3 rings (SSSR count). The molecule has 0 fully saturated rings. The Labute approximate surface area is 148 Å². The lowest BCUT2D eigenvalue weighted by Gasteiger charge is -2.29. The summed E-state index contributed by atoms with van der Waals surface area (Å²) >= 11 is 0. The molecule has 130 valence electrons. The van der Waals surface area contributed by atoms with Crippen LogP contribution in [0.4, 0.5) is 11.4 Å². The Hall–Kier alpha value is -2.62. The molecule has 2 aromatic rings. The molecule has 0 atom stereocenters. The zero-order valence-corrected chi connectivity index (χ0v) is 15.2. The lowest BCUT2D eigenvalue weighted by Crippen LogP contribution is -2.47. The summed E-state index contributed by atoms with van der Waals surface area (Å²) in [5.74, 6) is -0.450. The van der Waals surface area contributed by atoms with Crippen molar-refractivity contribution in [3.63, 3.8) is 0 Å². The Morgan fingerprint density at radius 3 is 2.52 bits per heavy atom. The number of para-hydroxylation sites is 1. The monoisotopic (exact) mass is 336 g/mol. The SMILES string of the molecule is Cc1ccc(NC(=O)C(C)(C)C(=O)N2CCc3ccccc32)c(C)c1. The normalized spacial score (nSPS) is 13.5. The van der Waals surface area contributed by atoms with Crippen molar-refractivity contribution in [2.24, 2.45) is 5.41 Å². The van der Waals surface area contributed by atoms with Crippen molar-refractivity contribution in [2.45, 2.75) is 34.1 Å². The summed E-state index contributed by atoms with van der Waals surface area (Å²) in [6.45, 7) is 7.97. The van der Waals surface area contributed by atoms with Gasteiger partial charge in [-0.05, 0) is 57.4 Å². The van der Waals surface area contributed by atoms with E-state index >= 15 is 0 Å². The Morgan fingerprint density at radius 1 is 1.08 bits per heavy atom. The molecule has 1 aliphatic heterocycles. The third kappa shape index (κ3) is 3.16. The van der Waals surface area contributed by atoms with Crippen LogP contribution >= 0.6 is 0 Å². The summed E-state index contributed by atoms with van der Waals surface area (Å²) in [6.07, 6.45) is 0.830. The minimum Gasteiger partial charge on any atom is -0.325 e. The van der Waals surface area contributed by atoms with Crippen LogP contribution < -0.4 is 10.2 Å². The number of amides is 2. The maximum atomic E-state index is 13.1. The number of benzene rings is 2. The van der Waals surface area contributed by atoms with Gasteiger partial charge in [-0.3, -0.25) is 9.59 Å². The summed E-state index contributed by atoms with van der Waals surface area (Å²) in [7, 11) is 0. The number of rotatable bonds is 3. The van der Waals surface area contributed by atoms with Gasteiger partial charge in [0.1, 0.15) is 5.41 Å². The van der Waals surface area contributed by atoms with Crippen LogP contribution in [0.5, 0.6) is 0 Å². The van der Waals surface area contributed by atoms with Crippen molar-refractivity contribution in [3.05, 3.63) is 59.2 Å². The van der Waals surface area contributed by atoms with Gasteiger partial charge in [-0.25, -0.2) is 0 Å². The fourth-order valence-electron chi connectivity index (χ4n) is 3.22. The van der Waals surface area contributed by atoms with Crippen LogP contribution in [-0.4, -0.2) is 18.4 Å². The van der Waals surface area contributed by atoms with Gasteiger partial charge in [0.2, 0.25) is 11.8 Å². The number of nitrogens with one attached hydrogen (secondary N) is 1. The van der Waals surface area contributed by atoms with Crippen LogP contribution in [0.25, 0.3) is 0 Å². The van der Waals surface area contributed by atoms with Gasteiger partial charge in [-0.15, -0.1) is 0 Å². The van der Waals surface area contributed by atoms with Gasteiger partial charge in [0.05, 0.1) is 0 Å². The molecule has 0 aromatic heterocycles. The summed E-state index contributed by atoms with van der Waals surface area (Å²) in [5.41, 5.74) is 3.80. The lowest BCUT2D eigenvalue weighted by molar-refractivity contribution is -0.136. The van der Waals surface area contributed by atoms with Gasteiger partial charge in [0, 0.05) is 17.9 Å². The van der Waals surface area contributed by atoms with Crippen molar-refractivity contribution in [1.82, 2.24) is 0 Å². The first-order valence-electron chi connectivity index (χ1n) is 8.59. The van der Waals surface area contributed by atoms with Crippen molar-refractivity contribution < 1.29 is 9.59 Å². The van der Waals surface area contributed by atoms with Crippen LogP contribution in [0.15, 0.2) is 42.5 Å². The molecule has 4 nitrogen and oxygen atoms in total. The van der Waals surface area contributed by atoms with Crippen molar-refractivity contribution >= 4 is 23.2 Å². The molecule has 4 heteroatoms. The minimum atomic E-state index is -1.14. The number of anilines is 2. The van der Waals surface area contributed by atoms with Gasteiger partial charge in [-0.1, -0.05) is 35.9 Å². The number of aryl methyl sites for hydroxylation is 2. The molecule has 1 heterocycles. The molecule has 0 aliphatic carbocycles. The van der Waals surface area contributed by atoms with E-state index in [1.54, 1.807) is 18.7 Å². The molecule has 0 radical (unpaired) electrons. The second kappa shape index (κ2) is 6.36. The zero-order chi connectivity index (χ0) is 18.2. The van der Waals surface area contributed by atoms with Crippen molar-refractivity contribution in [2.75, 3.05) is 16.8 Å². The Bertz CT molecular complexity index is 840. The van der Waals surface area contributed by atoms with Crippen molar-refractivity contribution in [1.29, 1.82) is 0 Å². The largest absolute Gasteiger partial charge is 0.325 e. The average molecular weight is 336 g/mol. The molecule has 0 unspecified atom stereocenters. The molecule has 0 saturated carbocycles. The highest BCUT2D eigenvalue weighted by Crippen LogP contribution is 2.32. The number of carbonyl (C=O) groups is 2. The molecule has 0 spiro atoms. The second-order valence-electron chi connectivity index (χ2n) is 7.23. The minimum absolute atomic E-state index is 0.167. The third-order valence-electron chi connectivity index (χ3n) is 4.86. The quantitative estimate of drug-likeness (QED) is 0.865. The molecule has 1 aliphatic rings. The van der Waals surface area contributed by atoms with Crippen LogP contribution in [-0.2, 0) is 16.0 Å². The molecule has 2 aromatic carbocycles. The number of hydrogen-bond donors (Lipinski definition) is 1. The van der Waals surface area contributed by atoms with E-state index in [0.29, 0.717) is 6.54 Å². The molecular formula is C21H24N2O2. The Kier molecular flexibility index (Phi) is 4.38. The molecule has 2 amide bonds. The molecule has 1 N–H and O–H groups in total. The van der Waals surface area contributed by atoms with Gasteiger partial charge < -0.3 is 10.2 Å². The molecule has 0 saturated heterocycles. The third-order valence-corrected chi connectivity index (χ3v) is 4.86. The van der Waals surface area contributed by atoms with E-state index in [-0.39, 0.29) is 11.8 Å². The van der Waals surface area contributed by atoms with Crippen LogP contribution in [0.2, 0.25) is 0 Å². The number of hydrogen-bond acceptors (Lipinski definition) is 2. The predicted octanol–water partition coefficient (Wildman–Crippen LogP) is 3.86. The van der Waals surface area contributed by atoms with Gasteiger partial charge in [-0.2, -0.15) is 0 Å². The first-order chi connectivity index (χ1) is 11.8. The highest BCUT2D eigenvalue weighted by atomic mass is 16.2. The van der Waals surface area contributed by atoms with Gasteiger partial charge in [0.15, 0.2) is 0 Å². The first-order valence-corrected chi connectivity index (χ1v) is 8.59. The zero-order valence-electron chi connectivity index (χ0n) is 15.2. The van der Waals surface area contributed by atoms with Gasteiger partial charge in [0.25, 0.3) is 0 Å². The first kappa shape index (κ1) is 17.2. The Balaban J connectivity index is 1.81. The summed E-state index contributed by atoms with van der Waals surface area (Å²) in [5, 5.41) is 2.92. The van der Waals surface area contributed by atoms with E-state index in [4.69, 9.17) is 0 Å². The van der Waals surface area contributed by atoms with E-state index in [9.17, 15) is 9.59 Å². The van der Waals surface area contributed by atoms with Crippen LogP contribution in [0.1, 0.15) is 30.5 Å². The highest BCUT2D eigenvalue weighted by Gasteiger charge is 2.41. The van der Waals surface area contributed by atoms with Crippen LogP contribution in [0.3, 0.4) is 0 Å². The highest BCUT2D eigenvalue weighted by molar-refractivity contribution is 6.15. The Morgan fingerprint density at radius 2 is 1.80 bits per heavy atom. The number of nitrogens with zero attached hydrogens (tertiary/aromatic N) is 1. The molecular weight excluding hydrogens is 312 g/mol. The number of carbonyl (C=O) groups excluding carboxylic acids is 2. The average Bonchev–Trinajstić information content (AvgIpc) is 3.00. The van der Waals surface area contributed by atoms with Gasteiger partial charge >= 0.3 is 0 Å². The summed E-state index contributed by atoms with van der Waals surface area (Å²) < 4.78 is 0. The van der Waals surface area contributed by atoms with Crippen LogP contribution in [0, 0.1) is 19.3 Å². The van der Waals surface area contributed by atoms with E-state index in [1.165, 1.54) is 0 Å². The predicted molar refractivity (Wildman–Crippen MR) is 101 cm³/mol. The fourth-order valence-corrected chi connectivity index (χ4v) is 3.22. The lowest BCUT2D eigenvalue weighted by atomic mass is 9.90. The second-order valence-corrected chi connectivity index (χ2v) is 7.23.